The molecule has 5 rings (SSSR count). The minimum Gasteiger partial charge on any atom is -0.455 e. The summed E-state index contributed by atoms with van der Waals surface area (Å²) in [4.78, 5) is 36.9. The molecule has 0 aliphatic heterocycles. The van der Waals surface area contributed by atoms with Crippen LogP contribution in [-0.4, -0.2) is 28.7 Å². The molecule has 1 aromatic carbocycles. The van der Waals surface area contributed by atoms with Crippen LogP contribution in [0.4, 0.5) is 0 Å². The third-order valence-corrected chi connectivity index (χ3v) is 7.31. The lowest BCUT2D eigenvalue weighted by atomic mass is 9.49. The van der Waals surface area contributed by atoms with Crippen molar-refractivity contribution in [2.45, 2.75) is 49.8 Å². The summed E-state index contributed by atoms with van der Waals surface area (Å²) in [6.07, 6.45) is 5.97. The van der Waals surface area contributed by atoms with E-state index in [0.29, 0.717) is 17.4 Å². The first-order valence-corrected chi connectivity index (χ1v) is 10.6. The summed E-state index contributed by atoms with van der Waals surface area (Å²) in [5, 5.41) is 0. The Labute approximate surface area is 172 Å². The molecule has 4 aliphatic carbocycles. The van der Waals surface area contributed by atoms with Crippen LogP contribution in [0, 0.1) is 24.2 Å². The van der Waals surface area contributed by atoms with E-state index in [9.17, 15) is 14.4 Å². The minimum absolute atomic E-state index is 0.0559. The molecule has 2 amide bonds. The smallest absolute Gasteiger partial charge is 0.312 e. The predicted molar refractivity (Wildman–Crippen MR) is 107 cm³/mol. The third-order valence-electron chi connectivity index (χ3n) is 6.39. The molecule has 2 unspecified atom stereocenters. The van der Waals surface area contributed by atoms with Gasteiger partial charge in [-0.1, -0.05) is 33.6 Å². The van der Waals surface area contributed by atoms with E-state index >= 15 is 0 Å². The van der Waals surface area contributed by atoms with Gasteiger partial charge in [-0.3, -0.25) is 25.2 Å². The second kappa shape index (κ2) is 7.17. The number of hydrogen-bond donors (Lipinski definition) is 2. The molecular weight excluding hydrogens is 424 g/mol. The number of carbonyl (C=O) groups excluding carboxylic acids is 3. The number of aryl methyl sites for hydroxylation is 1. The molecule has 4 saturated carbocycles. The van der Waals surface area contributed by atoms with Gasteiger partial charge in [-0.25, -0.2) is 0 Å². The van der Waals surface area contributed by atoms with Gasteiger partial charge in [0.15, 0.2) is 6.61 Å². The highest BCUT2D eigenvalue weighted by Crippen LogP contribution is 2.64. The summed E-state index contributed by atoms with van der Waals surface area (Å²) in [6, 6.07) is 7.00. The van der Waals surface area contributed by atoms with Gasteiger partial charge in [0, 0.05) is 9.89 Å². The van der Waals surface area contributed by atoms with Crippen LogP contribution in [0.25, 0.3) is 0 Å². The summed E-state index contributed by atoms with van der Waals surface area (Å²) < 4.78 is 5.42. The number of halogens is 1. The number of ether oxygens (including phenoxy) is 1. The van der Waals surface area contributed by atoms with Gasteiger partial charge in [0.05, 0.1) is 5.41 Å². The zero-order valence-corrected chi connectivity index (χ0v) is 17.5. The first-order valence-electron chi connectivity index (χ1n) is 9.79. The molecule has 0 aromatic heterocycles. The Bertz CT molecular complexity index is 793. The van der Waals surface area contributed by atoms with Crippen molar-refractivity contribution in [3.63, 3.8) is 0 Å². The first-order chi connectivity index (χ1) is 13.3. The van der Waals surface area contributed by atoms with Crippen molar-refractivity contribution < 1.29 is 19.1 Å². The van der Waals surface area contributed by atoms with Gasteiger partial charge in [0.2, 0.25) is 0 Å². The van der Waals surface area contributed by atoms with Crippen molar-refractivity contribution in [2.75, 3.05) is 6.61 Å². The lowest BCUT2D eigenvalue weighted by Gasteiger charge is -2.58. The summed E-state index contributed by atoms with van der Waals surface area (Å²) >= 11 is 3.87. The van der Waals surface area contributed by atoms with E-state index < -0.39 is 17.2 Å². The summed E-state index contributed by atoms with van der Waals surface area (Å²) in [5.41, 5.74) is 5.68. The summed E-state index contributed by atoms with van der Waals surface area (Å²) in [7, 11) is 0. The molecule has 0 spiro atoms. The van der Waals surface area contributed by atoms with Crippen LogP contribution < -0.4 is 10.9 Å². The highest BCUT2D eigenvalue weighted by molar-refractivity contribution is 9.10. The maximum absolute atomic E-state index is 12.8. The quantitative estimate of drug-likeness (QED) is 0.421. The number of amides is 2. The molecule has 7 heteroatoms. The molecule has 28 heavy (non-hydrogen) atoms. The standard InChI is InChI=1S/C21H25BrN2O4/c1-13-2-4-16(5-3-13)18(26)24-23-17(25)11-28-19(27)20-7-14-6-15(8-20)10-21(22,9-14)12-20/h2-5,14-15H,6-12H2,1H3,(H,23,25)(H,24,26). The average molecular weight is 449 g/mol. The van der Waals surface area contributed by atoms with Gasteiger partial charge in [-0.15, -0.1) is 0 Å². The molecule has 0 heterocycles. The monoisotopic (exact) mass is 448 g/mol. The fourth-order valence-electron chi connectivity index (χ4n) is 5.61. The Morgan fingerprint density at radius 1 is 1.07 bits per heavy atom. The van der Waals surface area contributed by atoms with Crippen molar-refractivity contribution in [3.8, 4) is 0 Å². The number of esters is 1. The number of rotatable bonds is 4. The third kappa shape index (κ3) is 3.81. The molecule has 150 valence electrons. The summed E-state index contributed by atoms with van der Waals surface area (Å²) in [6.45, 7) is 1.54. The minimum atomic E-state index is -0.549. The van der Waals surface area contributed by atoms with E-state index in [0.717, 1.165) is 37.7 Å². The van der Waals surface area contributed by atoms with Crippen LogP contribution in [0.5, 0.6) is 0 Å². The van der Waals surface area contributed by atoms with E-state index in [1.807, 2.05) is 19.1 Å². The fraction of sp³-hybridized carbons (Fsp3) is 0.571. The molecule has 4 fully saturated rings. The largest absolute Gasteiger partial charge is 0.455 e. The van der Waals surface area contributed by atoms with Crippen LogP contribution in [0.3, 0.4) is 0 Å². The average Bonchev–Trinajstić information content (AvgIpc) is 2.62. The van der Waals surface area contributed by atoms with Crippen molar-refractivity contribution in [3.05, 3.63) is 35.4 Å². The maximum atomic E-state index is 12.8. The molecule has 2 atom stereocenters. The molecular formula is C21H25BrN2O4. The van der Waals surface area contributed by atoms with Crippen molar-refractivity contribution in [2.24, 2.45) is 17.3 Å². The van der Waals surface area contributed by atoms with Crippen molar-refractivity contribution >= 4 is 33.7 Å². The molecule has 4 aliphatic rings. The Morgan fingerprint density at radius 2 is 1.71 bits per heavy atom. The number of alkyl halides is 1. The first kappa shape index (κ1) is 19.4. The van der Waals surface area contributed by atoms with Crippen LogP contribution in [0.15, 0.2) is 24.3 Å². The van der Waals surface area contributed by atoms with Crippen LogP contribution in [0.1, 0.15) is 54.4 Å². The number of hydrogen-bond acceptors (Lipinski definition) is 4. The second-order valence-electron chi connectivity index (χ2n) is 8.84. The van der Waals surface area contributed by atoms with Gasteiger partial charge in [-0.05, 0) is 69.4 Å². The highest BCUT2D eigenvalue weighted by Gasteiger charge is 2.60. The normalized spacial score (nSPS) is 32.6. The zero-order chi connectivity index (χ0) is 19.9. The molecule has 1 aromatic rings. The molecule has 2 N–H and O–H groups in total. The van der Waals surface area contributed by atoms with E-state index in [4.69, 9.17) is 4.74 Å². The van der Waals surface area contributed by atoms with Gasteiger partial charge in [0.1, 0.15) is 0 Å². The van der Waals surface area contributed by atoms with E-state index in [-0.39, 0.29) is 16.9 Å². The molecule has 6 nitrogen and oxygen atoms in total. The number of nitrogens with one attached hydrogen (secondary N) is 2. The maximum Gasteiger partial charge on any atom is 0.312 e. The van der Waals surface area contributed by atoms with Crippen LogP contribution in [-0.2, 0) is 14.3 Å². The second-order valence-corrected chi connectivity index (χ2v) is 10.5. The Hall–Kier alpha value is -1.89. The number of hydrazine groups is 1. The van der Waals surface area contributed by atoms with Gasteiger partial charge in [0.25, 0.3) is 11.8 Å². The molecule has 4 bridgehead atoms. The topological polar surface area (TPSA) is 84.5 Å². The zero-order valence-electron chi connectivity index (χ0n) is 15.9. The lowest BCUT2D eigenvalue weighted by Crippen LogP contribution is -2.56. The van der Waals surface area contributed by atoms with E-state index in [1.165, 1.54) is 6.42 Å². The Balaban J connectivity index is 1.27. The number of benzene rings is 1. The predicted octanol–water partition coefficient (Wildman–Crippen LogP) is 3.03. The molecule has 0 saturated heterocycles. The van der Waals surface area contributed by atoms with Gasteiger partial charge in [-0.2, -0.15) is 0 Å². The number of carbonyl (C=O) groups is 3. The van der Waals surface area contributed by atoms with E-state index in [1.54, 1.807) is 12.1 Å². The van der Waals surface area contributed by atoms with E-state index in [2.05, 4.69) is 26.8 Å². The lowest BCUT2D eigenvalue weighted by molar-refractivity contribution is -0.171. The fourth-order valence-corrected chi connectivity index (χ4v) is 7.07. The highest BCUT2D eigenvalue weighted by atomic mass is 79.9. The van der Waals surface area contributed by atoms with Crippen molar-refractivity contribution in [1.82, 2.24) is 10.9 Å². The molecule has 0 radical (unpaired) electrons. The Kier molecular flexibility index (Phi) is 4.98. The van der Waals surface area contributed by atoms with Crippen molar-refractivity contribution in [1.29, 1.82) is 0 Å². The van der Waals surface area contributed by atoms with Crippen LogP contribution >= 0.6 is 15.9 Å². The van der Waals surface area contributed by atoms with Gasteiger partial charge < -0.3 is 4.74 Å². The van der Waals surface area contributed by atoms with Crippen LogP contribution in [0.2, 0.25) is 0 Å². The Morgan fingerprint density at radius 3 is 2.32 bits per heavy atom. The SMILES string of the molecule is Cc1ccc(C(=O)NNC(=O)COC(=O)C23CC4CC(CC(Br)(C4)C2)C3)cc1. The summed E-state index contributed by atoms with van der Waals surface area (Å²) in [5.74, 6) is -0.105. The van der Waals surface area contributed by atoms with Gasteiger partial charge >= 0.3 is 5.97 Å².